The third kappa shape index (κ3) is 2.99. The van der Waals surface area contributed by atoms with E-state index in [1.165, 1.54) is 24.0 Å². The first-order valence-corrected chi connectivity index (χ1v) is 6.67. The molecule has 3 heteroatoms. The summed E-state index contributed by atoms with van der Waals surface area (Å²) in [5.41, 5.74) is 2.91. The van der Waals surface area contributed by atoms with Crippen LogP contribution >= 0.6 is 0 Å². The molecule has 1 heterocycles. The Morgan fingerprint density at radius 3 is 3.06 bits per heavy atom. The van der Waals surface area contributed by atoms with Crippen molar-refractivity contribution >= 4 is 0 Å². The molecule has 94 valence electrons. The molecule has 1 aromatic heterocycles. The van der Waals surface area contributed by atoms with Crippen LogP contribution in [0.15, 0.2) is 43.0 Å². The normalized spacial score (nSPS) is 14.9. The second kappa shape index (κ2) is 5.36. The highest BCUT2D eigenvalue weighted by Crippen LogP contribution is 2.40. The van der Waals surface area contributed by atoms with Gasteiger partial charge >= 0.3 is 0 Å². The van der Waals surface area contributed by atoms with Gasteiger partial charge in [0.1, 0.15) is 0 Å². The average molecular weight is 241 g/mol. The summed E-state index contributed by atoms with van der Waals surface area (Å²) in [6, 6.07) is 8.99. The van der Waals surface area contributed by atoms with Crippen molar-refractivity contribution in [3.63, 3.8) is 0 Å². The number of aromatic nitrogens is 2. The second-order valence-electron chi connectivity index (χ2n) is 5.00. The summed E-state index contributed by atoms with van der Waals surface area (Å²) >= 11 is 0. The zero-order valence-electron chi connectivity index (χ0n) is 10.5. The fourth-order valence-electron chi connectivity index (χ4n) is 2.23. The van der Waals surface area contributed by atoms with Gasteiger partial charge in [0, 0.05) is 32.0 Å². The van der Waals surface area contributed by atoms with E-state index >= 15 is 0 Å². The topological polar surface area (TPSA) is 29.9 Å². The molecular weight excluding hydrogens is 222 g/mol. The first kappa shape index (κ1) is 11.5. The van der Waals surface area contributed by atoms with Crippen molar-refractivity contribution < 1.29 is 0 Å². The Kier molecular flexibility index (Phi) is 3.42. The number of hydrogen-bond acceptors (Lipinski definition) is 2. The molecule has 1 aliphatic carbocycles. The highest BCUT2D eigenvalue weighted by Gasteiger charge is 2.23. The molecule has 0 amide bonds. The zero-order chi connectivity index (χ0) is 12.2. The molecule has 0 spiro atoms. The summed E-state index contributed by atoms with van der Waals surface area (Å²) in [4.78, 5) is 4.03. The van der Waals surface area contributed by atoms with Gasteiger partial charge in [-0.15, -0.1) is 0 Å². The molecule has 0 unspecified atom stereocenters. The minimum atomic E-state index is 0.843. The van der Waals surface area contributed by atoms with Gasteiger partial charge in [0.15, 0.2) is 0 Å². The second-order valence-corrected chi connectivity index (χ2v) is 5.00. The fourth-order valence-corrected chi connectivity index (χ4v) is 2.23. The fraction of sp³-hybridized carbons (Fsp3) is 0.400. The molecule has 0 aliphatic heterocycles. The van der Waals surface area contributed by atoms with Crippen molar-refractivity contribution in [2.75, 3.05) is 6.54 Å². The van der Waals surface area contributed by atoms with E-state index in [0.717, 1.165) is 25.6 Å². The molecule has 1 fully saturated rings. The Morgan fingerprint density at radius 2 is 2.28 bits per heavy atom. The Labute approximate surface area is 108 Å². The summed E-state index contributed by atoms with van der Waals surface area (Å²) in [7, 11) is 0. The molecule has 0 atom stereocenters. The molecule has 2 aromatic rings. The van der Waals surface area contributed by atoms with Gasteiger partial charge in [0.2, 0.25) is 0 Å². The lowest BCUT2D eigenvalue weighted by Gasteiger charge is -2.07. The maximum atomic E-state index is 4.03. The Balaban J connectivity index is 1.46. The molecule has 1 aliphatic rings. The van der Waals surface area contributed by atoms with Crippen molar-refractivity contribution in [1.82, 2.24) is 14.9 Å². The van der Waals surface area contributed by atoms with Crippen LogP contribution in [0, 0.1) is 0 Å². The number of nitrogens with one attached hydrogen (secondary N) is 1. The third-order valence-corrected chi connectivity index (χ3v) is 3.43. The number of nitrogens with zero attached hydrogens (tertiary/aromatic N) is 2. The molecule has 0 saturated heterocycles. The van der Waals surface area contributed by atoms with Gasteiger partial charge in [-0.05, 0) is 29.9 Å². The molecule has 18 heavy (non-hydrogen) atoms. The van der Waals surface area contributed by atoms with Gasteiger partial charge in [-0.1, -0.05) is 24.3 Å². The highest BCUT2D eigenvalue weighted by molar-refractivity contribution is 5.29. The Morgan fingerprint density at radius 1 is 1.33 bits per heavy atom. The molecule has 0 radical (unpaired) electrons. The maximum absolute atomic E-state index is 4.03. The van der Waals surface area contributed by atoms with Crippen LogP contribution in [-0.2, 0) is 13.1 Å². The van der Waals surface area contributed by atoms with E-state index in [-0.39, 0.29) is 0 Å². The van der Waals surface area contributed by atoms with Crippen LogP contribution < -0.4 is 5.32 Å². The van der Waals surface area contributed by atoms with E-state index in [1.807, 2.05) is 18.7 Å². The van der Waals surface area contributed by atoms with E-state index in [2.05, 4.69) is 39.1 Å². The van der Waals surface area contributed by atoms with Crippen LogP contribution in [-0.4, -0.2) is 16.1 Å². The summed E-state index contributed by atoms with van der Waals surface area (Å²) in [5.74, 6) is 0.843. The van der Waals surface area contributed by atoms with E-state index in [4.69, 9.17) is 0 Å². The van der Waals surface area contributed by atoms with Gasteiger partial charge in [-0.25, -0.2) is 4.98 Å². The molecular formula is C15H19N3. The summed E-state index contributed by atoms with van der Waals surface area (Å²) in [6.45, 7) is 2.90. The number of imidazole rings is 1. The van der Waals surface area contributed by atoms with E-state index < -0.39 is 0 Å². The van der Waals surface area contributed by atoms with E-state index in [9.17, 15) is 0 Å². The molecule has 1 aromatic carbocycles. The highest BCUT2D eigenvalue weighted by atomic mass is 15.0. The van der Waals surface area contributed by atoms with E-state index in [1.54, 1.807) is 0 Å². The molecule has 1 saturated carbocycles. The largest absolute Gasteiger partial charge is 0.336 e. The first-order chi connectivity index (χ1) is 8.92. The third-order valence-electron chi connectivity index (χ3n) is 3.43. The van der Waals surface area contributed by atoms with E-state index in [0.29, 0.717) is 0 Å². The van der Waals surface area contributed by atoms with Gasteiger partial charge in [-0.3, -0.25) is 0 Å². The number of rotatable bonds is 6. The van der Waals surface area contributed by atoms with Crippen LogP contribution in [0.2, 0.25) is 0 Å². The van der Waals surface area contributed by atoms with Gasteiger partial charge in [0.25, 0.3) is 0 Å². The monoisotopic (exact) mass is 241 g/mol. The van der Waals surface area contributed by atoms with Crippen LogP contribution in [0.5, 0.6) is 0 Å². The quantitative estimate of drug-likeness (QED) is 0.788. The molecule has 0 bridgehead atoms. The standard InChI is InChI=1S/C15H19N3/c1-2-13(10-15(3-1)14-4-5-14)11-16-6-8-18-9-7-17-12-18/h1-3,7,9-10,12,14,16H,4-6,8,11H2. The lowest BCUT2D eigenvalue weighted by molar-refractivity contribution is 0.597. The van der Waals surface area contributed by atoms with Crippen molar-refractivity contribution in [3.8, 4) is 0 Å². The minimum Gasteiger partial charge on any atom is -0.336 e. The van der Waals surface area contributed by atoms with Gasteiger partial charge in [-0.2, -0.15) is 0 Å². The SMILES string of the molecule is c1cc(CNCCn2ccnc2)cc(C2CC2)c1. The minimum absolute atomic E-state index is 0.843. The molecule has 3 rings (SSSR count). The predicted molar refractivity (Wildman–Crippen MR) is 72.4 cm³/mol. The lowest BCUT2D eigenvalue weighted by atomic mass is 10.1. The summed E-state index contributed by atoms with van der Waals surface area (Å²) < 4.78 is 2.09. The van der Waals surface area contributed by atoms with Crippen LogP contribution in [0.4, 0.5) is 0 Å². The number of hydrogen-bond donors (Lipinski definition) is 1. The van der Waals surface area contributed by atoms with Gasteiger partial charge in [0.05, 0.1) is 6.33 Å². The van der Waals surface area contributed by atoms with Crippen LogP contribution in [0.1, 0.15) is 29.9 Å². The summed E-state index contributed by atoms with van der Waals surface area (Å²) in [6.07, 6.45) is 8.42. The summed E-state index contributed by atoms with van der Waals surface area (Å²) in [5, 5.41) is 3.48. The zero-order valence-corrected chi connectivity index (χ0v) is 10.5. The van der Waals surface area contributed by atoms with Gasteiger partial charge < -0.3 is 9.88 Å². The smallest absolute Gasteiger partial charge is 0.0946 e. The Bertz CT molecular complexity index is 486. The maximum Gasteiger partial charge on any atom is 0.0946 e. The first-order valence-electron chi connectivity index (χ1n) is 6.67. The van der Waals surface area contributed by atoms with Crippen LogP contribution in [0.25, 0.3) is 0 Å². The van der Waals surface area contributed by atoms with Crippen molar-refractivity contribution in [2.45, 2.75) is 31.8 Å². The lowest BCUT2D eigenvalue weighted by Crippen LogP contribution is -2.19. The average Bonchev–Trinajstić information content (AvgIpc) is 3.13. The van der Waals surface area contributed by atoms with Crippen molar-refractivity contribution in [1.29, 1.82) is 0 Å². The van der Waals surface area contributed by atoms with Crippen molar-refractivity contribution in [2.24, 2.45) is 0 Å². The van der Waals surface area contributed by atoms with Crippen molar-refractivity contribution in [3.05, 3.63) is 54.1 Å². The van der Waals surface area contributed by atoms with Crippen LogP contribution in [0.3, 0.4) is 0 Å². The molecule has 3 nitrogen and oxygen atoms in total. The molecule has 1 N–H and O–H groups in total. The predicted octanol–water partition coefficient (Wildman–Crippen LogP) is 2.55. The Hall–Kier alpha value is -1.61. The number of benzene rings is 1.